The lowest BCUT2D eigenvalue weighted by Crippen LogP contribution is -2.02. The fourth-order valence-corrected chi connectivity index (χ4v) is 2.86. The molecule has 0 unspecified atom stereocenters. The second kappa shape index (κ2) is 8.94. The third-order valence-corrected chi connectivity index (χ3v) is 4.15. The first-order chi connectivity index (χ1) is 13.3. The van der Waals surface area contributed by atoms with E-state index in [1.807, 2.05) is 26.8 Å². The van der Waals surface area contributed by atoms with E-state index >= 15 is 0 Å². The predicted molar refractivity (Wildman–Crippen MR) is 110 cm³/mol. The highest BCUT2D eigenvalue weighted by molar-refractivity contribution is 5.59. The maximum Gasteiger partial charge on any atom is 0.254 e. The van der Waals surface area contributed by atoms with Crippen molar-refractivity contribution in [3.05, 3.63) is 83.8 Å². The fourth-order valence-electron chi connectivity index (χ4n) is 2.86. The number of aromatic nitrogens is 4. The quantitative estimate of drug-likeness (QED) is 0.545. The van der Waals surface area contributed by atoms with Crippen molar-refractivity contribution in [2.24, 2.45) is 0 Å². The van der Waals surface area contributed by atoms with Gasteiger partial charge in [-0.25, -0.2) is 4.98 Å². The van der Waals surface area contributed by atoms with Gasteiger partial charge in [0.25, 0.3) is 5.78 Å². The largest absolute Gasteiger partial charge is 0.340 e. The van der Waals surface area contributed by atoms with Crippen molar-refractivity contribution in [1.29, 1.82) is 0 Å². The molecule has 5 heteroatoms. The van der Waals surface area contributed by atoms with Crippen LogP contribution in [-0.4, -0.2) is 19.6 Å². The van der Waals surface area contributed by atoms with Crippen LogP contribution in [0.5, 0.6) is 0 Å². The molecule has 4 rings (SSSR count). The monoisotopic (exact) mass is 359 g/mol. The van der Waals surface area contributed by atoms with Crippen molar-refractivity contribution in [3.63, 3.8) is 0 Å². The van der Waals surface area contributed by atoms with E-state index < -0.39 is 0 Å². The summed E-state index contributed by atoms with van der Waals surface area (Å²) in [5.74, 6) is 1.46. The summed E-state index contributed by atoms with van der Waals surface area (Å²) in [5, 5.41) is 7.61. The Morgan fingerprint density at radius 3 is 2.26 bits per heavy atom. The first-order valence-corrected chi connectivity index (χ1v) is 9.35. The number of aryl methyl sites for hydroxylation is 3. The van der Waals surface area contributed by atoms with Crippen molar-refractivity contribution >= 4 is 17.3 Å². The Morgan fingerprint density at radius 1 is 0.889 bits per heavy atom. The van der Waals surface area contributed by atoms with Crippen LogP contribution in [0.15, 0.2) is 67.0 Å². The van der Waals surface area contributed by atoms with Crippen LogP contribution in [0.2, 0.25) is 0 Å². The highest BCUT2D eigenvalue weighted by atomic mass is 15.3. The lowest BCUT2D eigenvalue weighted by atomic mass is 10.0. The van der Waals surface area contributed by atoms with Gasteiger partial charge in [0.2, 0.25) is 0 Å². The molecule has 0 saturated heterocycles. The van der Waals surface area contributed by atoms with Gasteiger partial charge >= 0.3 is 0 Å². The molecule has 0 atom stereocenters. The number of fused-ring (bicyclic) bond motifs is 1. The van der Waals surface area contributed by atoms with Crippen molar-refractivity contribution < 1.29 is 0 Å². The summed E-state index contributed by atoms with van der Waals surface area (Å²) >= 11 is 0. The number of benzene rings is 2. The maximum atomic E-state index is 4.35. The van der Waals surface area contributed by atoms with Gasteiger partial charge in [-0.3, -0.25) is 0 Å². The van der Waals surface area contributed by atoms with E-state index in [-0.39, 0.29) is 0 Å². The zero-order valence-electron chi connectivity index (χ0n) is 16.1. The van der Waals surface area contributed by atoms with Crippen LogP contribution in [0.25, 0.3) is 5.78 Å². The van der Waals surface area contributed by atoms with E-state index in [1.54, 1.807) is 4.52 Å². The van der Waals surface area contributed by atoms with Crippen molar-refractivity contribution in [2.45, 2.75) is 33.6 Å². The molecule has 5 nitrogen and oxygen atoms in total. The molecule has 0 aliphatic carbocycles. The maximum absolute atomic E-state index is 4.35. The molecule has 1 N–H and O–H groups in total. The van der Waals surface area contributed by atoms with Crippen molar-refractivity contribution in [1.82, 2.24) is 19.6 Å². The molecule has 0 saturated carbocycles. The fraction of sp³-hybridized carbons (Fsp3) is 0.227. The van der Waals surface area contributed by atoms with Crippen LogP contribution in [0.3, 0.4) is 0 Å². The minimum Gasteiger partial charge on any atom is -0.340 e. The smallest absolute Gasteiger partial charge is 0.254 e. The average molecular weight is 359 g/mol. The Kier molecular flexibility index (Phi) is 6.15. The van der Waals surface area contributed by atoms with Crippen molar-refractivity contribution in [2.75, 3.05) is 5.32 Å². The Labute approximate surface area is 160 Å². The Balaban J connectivity index is 0.00000102. The molecule has 4 aromatic rings. The Hall–Kier alpha value is -3.21. The molecule has 27 heavy (non-hydrogen) atoms. The molecule has 0 bridgehead atoms. The highest BCUT2D eigenvalue weighted by Crippen LogP contribution is 2.18. The zero-order valence-corrected chi connectivity index (χ0v) is 16.1. The summed E-state index contributed by atoms with van der Waals surface area (Å²) in [6, 6.07) is 21.1. The number of rotatable bonds is 5. The Bertz CT molecular complexity index is 975. The number of hydrogen-bond acceptors (Lipinski definition) is 4. The molecule has 0 amide bonds. The van der Waals surface area contributed by atoms with Gasteiger partial charge in [-0.1, -0.05) is 56.3 Å². The van der Waals surface area contributed by atoms with E-state index in [0.717, 1.165) is 30.0 Å². The molecule has 2 heterocycles. The summed E-state index contributed by atoms with van der Waals surface area (Å²) in [6.45, 7) is 5.95. The van der Waals surface area contributed by atoms with Crippen LogP contribution in [-0.2, 0) is 12.8 Å². The van der Waals surface area contributed by atoms with Crippen LogP contribution in [0.1, 0.15) is 30.7 Å². The van der Waals surface area contributed by atoms with E-state index in [1.165, 1.54) is 17.5 Å². The minimum absolute atomic E-state index is 0.599. The number of nitrogens with zero attached hydrogens (tertiary/aromatic N) is 4. The normalized spacial score (nSPS) is 10.3. The van der Waals surface area contributed by atoms with E-state index in [9.17, 15) is 0 Å². The number of anilines is 2. The second-order valence-corrected chi connectivity index (χ2v) is 6.06. The zero-order chi connectivity index (χ0) is 19.1. The first-order valence-electron chi connectivity index (χ1n) is 9.35. The molecule has 2 aromatic heterocycles. The lowest BCUT2D eigenvalue weighted by molar-refractivity contribution is 0.936. The first kappa shape index (κ1) is 18.6. The molecule has 0 aliphatic heterocycles. The SMILES string of the molecule is CC.Cc1cc(Nc2ccc(CCc3ccccc3)cc2)n2ncnc2n1. The summed E-state index contributed by atoms with van der Waals surface area (Å²) in [5.41, 5.74) is 4.62. The van der Waals surface area contributed by atoms with Crippen LogP contribution < -0.4 is 5.32 Å². The van der Waals surface area contributed by atoms with Crippen molar-refractivity contribution in [3.8, 4) is 0 Å². The predicted octanol–water partition coefficient (Wildman–Crippen LogP) is 4.99. The molecule has 2 aromatic carbocycles. The molecule has 0 radical (unpaired) electrons. The van der Waals surface area contributed by atoms with Gasteiger partial charge in [-0.15, -0.1) is 0 Å². The second-order valence-electron chi connectivity index (χ2n) is 6.06. The molecular weight excluding hydrogens is 334 g/mol. The third-order valence-electron chi connectivity index (χ3n) is 4.15. The molecule has 0 aliphatic rings. The van der Waals surface area contributed by atoms with Gasteiger partial charge in [0.1, 0.15) is 12.1 Å². The standard InChI is InChI=1S/C20H19N5.C2H6/c1-15-13-19(25-20(23-15)21-14-22-25)24-18-11-9-17(10-12-18)8-7-16-5-3-2-4-6-16;1-2/h2-6,9-14,24H,7-8H2,1H3;1-2H3. The topological polar surface area (TPSA) is 55.1 Å². The Morgan fingerprint density at radius 2 is 1.56 bits per heavy atom. The van der Waals surface area contributed by atoms with E-state index in [2.05, 4.69) is 75.0 Å². The van der Waals surface area contributed by atoms with Gasteiger partial charge in [0.05, 0.1) is 0 Å². The molecule has 138 valence electrons. The van der Waals surface area contributed by atoms with E-state index in [0.29, 0.717) is 5.78 Å². The third kappa shape index (κ3) is 4.70. The van der Waals surface area contributed by atoms with Crippen LogP contribution in [0, 0.1) is 6.92 Å². The average Bonchev–Trinajstić information content (AvgIpc) is 3.18. The van der Waals surface area contributed by atoms with Gasteiger partial charge in [-0.05, 0) is 43.0 Å². The van der Waals surface area contributed by atoms with Gasteiger partial charge < -0.3 is 5.32 Å². The lowest BCUT2D eigenvalue weighted by Gasteiger charge is -2.09. The summed E-state index contributed by atoms with van der Waals surface area (Å²) in [6.07, 6.45) is 3.60. The van der Waals surface area contributed by atoms with Gasteiger partial charge in [0.15, 0.2) is 0 Å². The molecule has 0 fully saturated rings. The van der Waals surface area contributed by atoms with Crippen LogP contribution >= 0.6 is 0 Å². The minimum atomic E-state index is 0.599. The number of nitrogens with one attached hydrogen (secondary N) is 1. The van der Waals surface area contributed by atoms with Crippen LogP contribution in [0.4, 0.5) is 11.5 Å². The van der Waals surface area contributed by atoms with Gasteiger partial charge in [-0.2, -0.15) is 14.6 Å². The summed E-state index contributed by atoms with van der Waals surface area (Å²) in [7, 11) is 0. The molecular formula is C22H25N5. The van der Waals surface area contributed by atoms with Gasteiger partial charge in [0, 0.05) is 17.4 Å². The summed E-state index contributed by atoms with van der Waals surface area (Å²) in [4.78, 5) is 8.50. The molecule has 0 spiro atoms. The summed E-state index contributed by atoms with van der Waals surface area (Å²) < 4.78 is 1.70. The van der Waals surface area contributed by atoms with E-state index in [4.69, 9.17) is 0 Å². The number of hydrogen-bond donors (Lipinski definition) is 1. The highest BCUT2D eigenvalue weighted by Gasteiger charge is 2.06.